The molecule has 0 saturated carbocycles. The molecule has 1 aromatic carbocycles. The highest BCUT2D eigenvalue weighted by atomic mass is 35.5. The highest BCUT2D eigenvalue weighted by molar-refractivity contribution is 7.91. The fourth-order valence-corrected chi connectivity index (χ4v) is 5.86. The second kappa shape index (κ2) is 6.29. The van der Waals surface area contributed by atoms with Gasteiger partial charge >= 0.3 is 0 Å². The molecule has 1 aromatic heterocycles. The lowest BCUT2D eigenvalue weighted by Gasteiger charge is -2.35. The number of nitrogens with zero attached hydrogens (tertiary/aromatic N) is 1. The zero-order valence-electron chi connectivity index (χ0n) is 12.1. The molecule has 1 atom stereocenters. The average molecular weight is 357 g/mol. The molecule has 1 aliphatic rings. The SMILES string of the molecule is Cc1ccc(S(=O)(=O)N2CCNCC2c2cccc(Cl)c2)s1. The van der Waals surface area contributed by atoms with Crippen LogP contribution in [0.1, 0.15) is 16.5 Å². The lowest BCUT2D eigenvalue weighted by molar-refractivity contribution is 0.272. The summed E-state index contributed by atoms with van der Waals surface area (Å²) in [5.41, 5.74) is 0.913. The molecule has 1 N–H and O–H groups in total. The third-order valence-electron chi connectivity index (χ3n) is 3.71. The van der Waals surface area contributed by atoms with E-state index in [0.717, 1.165) is 10.4 Å². The Bertz CT molecular complexity index is 773. The van der Waals surface area contributed by atoms with Gasteiger partial charge in [-0.25, -0.2) is 8.42 Å². The Morgan fingerprint density at radius 3 is 2.82 bits per heavy atom. The normalized spacial score (nSPS) is 20.2. The summed E-state index contributed by atoms with van der Waals surface area (Å²) in [5, 5.41) is 3.88. The minimum Gasteiger partial charge on any atom is -0.313 e. The van der Waals surface area contributed by atoms with Gasteiger partial charge in [-0.15, -0.1) is 11.3 Å². The van der Waals surface area contributed by atoms with Crippen molar-refractivity contribution in [2.75, 3.05) is 19.6 Å². The average Bonchev–Trinajstić information content (AvgIpc) is 2.95. The smallest absolute Gasteiger partial charge is 0.253 e. The molecule has 2 aromatic rings. The number of halogens is 1. The van der Waals surface area contributed by atoms with Crippen LogP contribution in [0.25, 0.3) is 0 Å². The molecular formula is C15H17ClN2O2S2. The topological polar surface area (TPSA) is 49.4 Å². The first kappa shape index (κ1) is 16.0. The lowest BCUT2D eigenvalue weighted by atomic mass is 10.1. The van der Waals surface area contributed by atoms with Gasteiger partial charge in [-0.05, 0) is 36.8 Å². The number of hydrogen-bond acceptors (Lipinski definition) is 4. The van der Waals surface area contributed by atoms with Crippen LogP contribution in [0, 0.1) is 6.92 Å². The summed E-state index contributed by atoms with van der Waals surface area (Å²) in [5.74, 6) is 0. The molecule has 1 aliphatic heterocycles. The van der Waals surface area contributed by atoms with Gasteiger partial charge in [0.05, 0.1) is 6.04 Å². The first-order valence-electron chi connectivity index (χ1n) is 7.03. The molecule has 0 spiro atoms. The van der Waals surface area contributed by atoms with E-state index in [1.807, 2.05) is 31.2 Å². The van der Waals surface area contributed by atoms with Crippen LogP contribution in [-0.4, -0.2) is 32.4 Å². The molecule has 1 saturated heterocycles. The first-order valence-corrected chi connectivity index (χ1v) is 9.66. The van der Waals surface area contributed by atoms with Gasteiger partial charge in [0.2, 0.25) is 0 Å². The standard InChI is InChI=1S/C15H17ClN2O2S2/c1-11-5-6-15(21-11)22(19,20)18-8-7-17-10-14(18)12-3-2-4-13(16)9-12/h2-6,9,14,17H,7-8,10H2,1H3. The number of nitrogens with one attached hydrogen (secondary N) is 1. The highest BCUT2D eigenvalue weighted by Crippen LogP contribution is 2.32. The van der Waals surface area contributed by atoms with E-state index >= 15 is 0 Å². The number of sulfonamides is 1. The van der Waals surface area contributed by atoms with Gasteiger partial charge in [0, 0.05) is 29.5 Å². The van der Waals surface area contributed by atoms with Gasteiger partial charge in [0.1, 0.15) is 4.21 Å². The maximum atomic E-state index is 12.9. The Hall–Kier alpha value is -0.920. The first-order chi connectivity index (χ1) is 10.5. The summed E-state index contributed by atoms with van der Waals surface area (Å²) in [6, 6.07) is 10.7. The predicted octanol–water partition coefficient (Wildman–Crippen LogP) is 3.05. The van der Waals surface area contributed by atoms with Crippen molar-refractivity contribution in [1.29, 1.82) is 0 Å². The van der Waals surface area contributed by atoms with E-state index in [0.29, 0.717) is 28.9 Å². The van der Waals surface area contributed by atoms with Crippen LogP contribution in [0.3, 0.4) is 0 Å². The zero-order chi connectivity index (χ0) is 15.7. The van der Waals surface area contributed by atoms with E-state index in [4.69, 9.17) is 11.6 Å². The molecule has 0 amide bonds. The van der Waals surface area contributed by atoms with Crippen LogP contribution in [0.4, 0.5) is 0 Å². The van der Waals surface area contributed by atoms with Gasteiger partial charge in [-0.3, -0.25) is 0 Å². The molecule has 0 aliphatic carbocycles. The summed E-state index contributed by atoms with van der Waals surface area (Å²) in [6.45, 7) is 3.61. The van der Waals surface area contributed by atoms with E-state index in [1.54, 1.807) is 16.4 Å². The minimum absolute atomic E-state index is 0.236. The monoisotopic (exact) mass is 356 g/mol. The van der Waals surface area contributed by atoms with Crippen LogP contribution in [-0.2, 0) is 10.0 Å². The van der Waals surface area contributed by atoms with Crippen molar-refractivity contribution in [3.63, 3.8) is 0 Å². The number of aryl methyl sites for hydroxylation is 1. The van der Waals surface area contributed by atoms with E-state index in [9.17, 15) is 8.42 Å². The van der Waals surface area contributed by atoms with Crippen molar-refractivity contribution in [1.82, 2.24) is 9.62 Å². The van der Waals surface area contributed by atoms with E-state index < -0.39 is 10.0 Å². The Morgan fingerprint density at radius 1 is 1.32 bits per heavy atom. The molecule has 118 valence electrons. The Labute approximate surface area is 139 Å². The van der Waals surface area contributed by atoms with Gasteiger partial charge in [0.15, 0.2) is 0 Å². The van der Waals surface area contributed by atoms with Crippen molar-refractivity contribution < 1.29 is 8.42 Å². The number of hydrogen-bond donors (Lipinski definition) is 1. The van der Waals surface area contributed by atoms with Gasteiger partial charge in [-0.1, -0.05) is 23.7 Å². The van der Waals surface area contributed by atoms with Crippen molar-refractivity contribution >= 4 is 33.0 Å². The van der Waals surface area contributed by atoms with Crippen molar-refractivity contribution in [2.45, 2.75) is 17.2 Å². The molecule has 7 heteroatoms. The molecule has 22 heavy (non-hydrogen) atoms. The quantitative estimate of drug-likeness (QED) is 0.919. The van der Waals surface area contributed by atoms with Crippen molar-refractivity contribution in [3.05, 3.63) is 51.9 Å². The van der Waals surface area contributed by atoms with Crippen LogP contribution in [0.15, 0.2) is 40.6 Å². The van der Waals surface area contributed by atoms with E-state index in [-0.39, 0.29) is 6.04 Å². The lowest BCUT2D eigenvalue weighted by Crippen LogP contribution is -2.48. The van der Waals surface area contributed by atoms with Gasteiger partial charge in [0.25, 0.3) is 10.0 Å². The summed E-state index contributed by atoms with van der Waals surface area (Å²) in [4.78, 5) is 0.994. The van der Waals surface area contributed by atoms with Crippen molar-refractivity contribution in [3.8, 4) is 0 Å². The second-order valence-electron chi connectivity index (χ2n) is 5.26. The van der Waals surface area contributed by atoms with Crippen LogP contribution >= 0.6 is 22.9 Å². The number of thiophene rings is 1. The predicted molar refractivity (Wildman–Crippen MR) is 90.0 cm³/mol. The summed E-state index contributed by atoms with van der Waals surface area (Å²) in [7, 11) is -3.48. The van der Waals surface area contributed by atoms with Crippen LogP contribution in [0.5, 0.6) is 0 Å². The fraction of sp³-hybridized carbons (Fsp3) is 0.333. The Balaban J connectivity index is 1.99. The Morgan fingerprint density at radius 2 is 2.14 bits per heavy atom. The van der Waals surface area contributed by atoms with Crippen LogP contribution < -0.4 is 5.32 Å². The highest BCUT2D eigenvalue weighted by Gasteiger charge is 2.35. The van der Waals surface area contributed by atoms with Crippen LogP contribution in [0.2, 0.25) is 5.02 Å². The summed E-state index contributed by atoms with van der Waals surface area (Å²) in [6.07, 6.45) is 0. The maximum absolute atomic E-state index is 12.9. The molecule has 0 bridgehead atoms. The van der Waals surface area contributed by atoms with E-state index in [1.165, 1.54) is 11.3 Å². The van der Waals surface area contributed by atoms with Gasteiger partial charge < -0.3 is 5.32 Å². The zero-order valence-corrected chi connectivity index (χ0v) is 14.5. The molecule has 1 unspecified atom stereocenters. The number of piperazine rings is 1. The summed E-state index contributed by atoms with van der Waals surface area (Å²) >= 11 is 7.37. The minimum atomic E-state index is -3.48. The molecule has 2 heterocycles. The Kier molecular flexibility index (Phi) is 4.56. The fourth-order valence-electron chi connectivity index (χ4n) is 2.64. The molecule has 4 nitrogen and oxygen atoms in total. The molecule has 1 fully saturated rings. The molecular weight excluding hydrogens is 340 g/mol. The largest absolute Gasteiger partial charge is 0.313 e. The van der Waals surface area contributed by atoms with Gasteiger partial charge in [-0.2, -0.15) is 4.31 Å². The van der Waals surface area contributed by atoms with E-state index in [2.05, 4.69) is 5.32 Å². The molecule has 3 rings (SSSR count). The third kappa shape index (κ3) is 3.07. The molecule has 0 radical (unpaired) electrons. The van der Waals surface area contributed by atoms with Crippen molar-refractivity contribution in [2.24, 2.45) is 0 Å². The second-order valence-corrected chi connectivity index (χ2v) is 9.10. The summed E-state index contributed by atoms with van der Waals surface area (Å²) < 4.78 is 27.9. The number of benzene rings is 1. The third-order valence-corrected chi connectivity index (χ3v) is 7.32. The number of rotatable bonds is 3. The maximum Gasteiger partial charge on any atom is 0.253 e.